The number of hydrogen-bond acceptors (Lipinski definition) is 4. The Labute approximate surface area is 132 Å². The number of nitrogens with zero attached hydrogens (tertiary/aromatic N) is 1. The van der Waals surface area contributed by atoms with Gasteiger partial charge in [-0.2, -0.15) is 4.31 Å². The molecule has 2 heterocycles. The highest BCUT2D eigenvalue weighted by Gasteiger charge is 2.26. The average molecular weight is 347 g/mol. The molecule has 0 saturated carbocycles. The van der Waals surface area contributed by atoms with Gasteiger partial charge in [-0.3, -0.25) is 4.79 Å². The van der Waals surface area contributed by atoms with Crippen LogP contribution < -0.4 is 5.56 Å². The van der Waals surface area contributed by atoms with Gasteiger partial charge in [0.05, 0.1) is 4.90 Å². The van der Waals surface area contributed by atoms with E-state index >= 15 is 0 Å². The summed E-state index contributed by atoms with van der Waals surface area (Å²) in [6.45, 7) is 1.84. The second-order valence-electron chi connectivity index (χ2n) is 4.67. The van der Waals surface area contributed by atoms with E-state index in [0.29, 0.717) is 6.42 Å². The molecule has 0 aliphatic heterocycles. The molecule has 1 atom stereocenters. The van der Waals surface area contributed by atoms with Gasteiger partial charge in [-0.15, -0.1) is 11.3 Å². The Kier molecular flexibility index (Phi) is 4.88. The van der Waals surface area contributed by atoms with Gasteiger partial charge in [0, 0.05) is 24.2 Å². The third kappa shape index (κ3) is 3.55. The molecule has 0 bridgehead atoms. The molecule has 0 fully saturated rings. The second-order valence-corrected chi connectivity index (χ2v) is 8.10. The zero-order chi connectivity index (χ0) is 15.6. The number of sulfonamides is 1. The summed E-state index contributed by atoms with van der Waals surface area (Å²) < 4.78 is 26.3. The molecule has 0 spiro atoms. The van der Waals surface area contributed by atoms with Crippen LogP contribution >= 0.6 is 22.9 Å². The van der Waals surface area contributed by atoms with E-state index in [4.69, 9.17) is 11.6 Å². The maximum absolute atomic E-state index is 12.5. The molecular formula is C13H15ClN2O3S2. The standard InChI is InChI=1S/C13H15ClN2O3S2/c1-9(6-10-4-3-5-20-10)16(2)21(18,19)11-7-12(14)13(17)15-8-11/h3-5,7-9H,6H2,1-2H3,(H,15,17). The number of nitrogens with one attached hydrogen (secondary N) is 1. The van der Waals surface area contributed by atoms with Crippen LogP contribution in [-0.4, -0.2) is 30.8 Å². The SMILES string of the molecule is CC(Cc1cccs1)N(C)S(=O)(=O)c1c[nH]c(=O)c(Cl)c1. The molecule has 2 rings (SSSR count). The number of aromatic nitrogens is 1. The van der Waals surface area contributed by atoms with E-state index in [1.807, 2.05) is 24.4 Å². The molecule has 0 amide bonds. The van der Waals surface area contributed by atoms with Crippen molar-refractivity contribution in [2.75, 3.05) is 7.05 Å². The van der Waals surface area contributed by atoms with Crippen molar-refractivity contribution >= 4 is 33.0 Å². The van der Waals surface area contributed by atoms with Gasteiger partial charge in [0.15, 0.2) is 0 Å². The number of rotatable bonds is 5. The minimum Gasteiger partial charge on any atom is -0.326 e. The highest BCUT2D eigenvalue weighted by Crippen LogP contribution is 2.20. The van der Waals surface area contributed by atoms with Crippen molar-refractivity contribution in [3.8, 4) is 0 Å². The van der Waals surface area contributed by atoms with Crippen molar-refractivity contribution < 1.29 is 8.42 Å². The molecule has 5 nitrogen and oxygen atoms in total. The van der Waals surface area contributed by atoms with Crippen molar-refractivity contribution in [1.82, 2.24) is 9.29 Å². The second kappa shape index (κ2) is 6.31. The molecule has 0 aromatic carbocycles. The summed E-state index contributed by atoms with van der Waals surface area (Å²) in [5.41, 5.74) is -0.509. The summed E-state index contributed by atoms with van der Waals surface area (Å²) in [6, 6.07) is 4.87. The van der Waals surface area contributed by atoms with E-state index in [2.05, 4.69) is 4.98 Å². The maximum atomic E-state index is 12.5. The van der Waals surface area contributed by atoms with Crippen LogP contribution in [0.1, 0.15) is 11.8 Å². The van der Waals surface area contributed by atoms with Gasteiger partial charge in [0.1, 0.15) is 5.02 Å². The van der Waals surface area contributed by atoms with Gasteiger partial charge < -0.3 is 4.98 Å². The van der Waals surface area contributed by atoms with Crippen molar-refractivity contribution in [3.05, 3.63) is 50.0 Å². The summed E-state index contributed by atoms with van der Waals surface area (Å²) in [7, 11) is -2.18. The van der Waals surface area contributed by atoms with Gasteiger partial charge in [0.2, 0.25) is 10.0 Å². The number of likely N-dealkylation sites (N-methyl/N-ethyl adjacent to an activating group) is 1. The topological polar surface area (TPSA) is 70.2 Å². The summed E-state index contributed by atoms with van der Waals surface area (Å²) >= 11 is 7.28. The first-order valence-electron chi connectivity index (χ1n) is 6.21. The normalized spacial score (nSPS) is 13.5. The summed E-state index contributed by atoms with van der Waals surface area (Å²) in [4.78, 5) is 14.6. The minimum atomic E-state index is -3.70. The lowest BCUT2D eigenvalue weighted by atomic mass is 10.2. The van der Waals surface area contributed by atoms with Crippen LogP contribution in [-0.2, 0) is 16.4 Å². The van der Waals surface area contributed by atoms with Gasteiger partial charge in [-0.05, 0) is 30.9 Å². The van der Waals surface area contributed by atoms with E-state index < -0.39 is 15.6 Å². The Hall–Kier alpha value is -1.15. The van der Waals surface area contributed by atoms with E-state index in [-0.39, 0.29) is 16.0 Å². The van der Waals surface area contributed by atoms with Crippen molar-refractivity contribution in [3.63, 3.8) is 0 Å². The van der Waals surface area contributed by atoms with Crippen LogP contribution in [0.2, 0.25) is 5.02 Å². The fraction of sp³-hybridized carbons (Fsp3) is 0.308. The first kappa shape index (κ1) is 16.2. The number of hydrogen-bond donors (Lipinski definition) is 1. The van der Waals surface area contributed by atoms with E-state index in [1.165, 1.54) is 17.4 Å². The number of H-pyrrole nitrogens is 1. The molecule has 1 N–H and O–H groups in total. The fourth-order valence-corrected chi connectivity index (χ4v) is 4.26. The third-order valence-electron chi connectivity index (χ3n) is 3.21. The smallest absolute Gasteiger partial charge is 0.266 e. The number of halogens is 1. The Morgan fingerprint density at radius 2 is 2.19 bits per heavy atom. The molecule has 0 radical (unpaired) electrons. The van der Waals surface area contributed by atoms with Gasteiger partial charge in [0.25, 0.3) is 5.56 Å². The fourth-order valence-electron chi connectivity index (χ4n) is 1.84. The predicted molar refractivity (Wildman–Crippen MR) is 84.5 cm³/mol. The molecule has 0 aliphatic rings. The molecule has 0 saturated heterocycles. The third-order valence-corrected chi connectivity index (χ3v) is 6.33. The number of thiophene rings is 1. The lowest BCUT2D eigenvalue weighted by molar-refractivity contribution is 0.388. The highest BCUT2D eigenvalue weighted by atomic mass is 35.5. The zero-order valence-corrected chi connectivity index (χ0v) is 13.9. The van der Waals surface area contributed by atoms with Gasteiger partial charge in [-0.25, -0.2) is 8.42 Å². The Morgan fingerprint density at radius 1 is 1.48 bits per heavy atom. The molecule has 8 heteroatoms. The lowest BCUT2D eigenvalue weighted by Crippen LogP contribution is -2.36. The molecule has 0 aliphatic carbocycles. The monoisotopic (exact) mass is 346 g/mol. The lowest BCUT2D eigenvalue weighted by Gasteiger charge is -2.23. The number of aromatic amines is 1. The molecule has 114 valence electrons. The predicted octanol–water partition coefficient (Wildman–Crippen LogP) is 2.34. The Morgan fingerprint density at radius 3 is 2.76 bits per heavy atom. The van der Waals surface area contributed by atoms with Crippen LogP contribution in [0.3, 0.4) is 0 Å². The quantitative estimate of drug-likeness (QED) is 0.903. The molecule has 2 aromatic rings. The molecule has 21 heavy (non-hydrogen) atoms. The van der Waals surface area contributed by atoms with Crippen LogP contribution in [0.4, 0.5) is 0 Å². The van der Waals surface area contributed by atoms with Gasteiger partial charge in [-0.1, -0.05) is 17.7 Å². The zero-order valence-electron chi connectivity index (χ0n) is 11.5. The first-order valence-corrected chi connectivity index (χ1v) is 8.91. The van der Waals surface area contributed by atoms with E-state index in [9.17, 15) is 13.2 Å². The first-order chi connectivity index (χ1) is 9.82. The average Bonchev–Trinajstić information content (AvgIpc) is 2.93. The van der Waals surface area contributed by atoms with Crippen LogP contribution in [0.25, 0.3) is 0 Å². The highest BCUT2D eigenvalue weighted by molar-refractivity contribution is 7.89. The summed E-state index contributed by atoms with van der Waals surface area (Å²) in [5, 5.41) is 1.81. The van der Waals surface area contributed by atoms with E-state index in [0.717, 1.165) is 11.1 Å². The Bertz CT molecular complexity index is 769. The molecular weight excluding hydrogens is 332 g/mol. The minimum absolute atomic E-state index is 0.0207. The Balaban J connectivity index is 2.25. The van der Waals surface area contributed by atoms with Crippen molar-refractivity contribution in [2.45, 2.75) is 24.3 Å². The van der Waals surface area contributed by atoms with Crippen molar-refractivity contribution in [2.24, 2.45) is 0 Å². The van der Waals surface area contributed by atoms with Crippen LogP contribution in [0.5, 0.6) is 0 Å². The van der Waals surface area contributed by atoms with Crippen LogP contribution in [0, 0.1) is 0 Å². The van der Waals surface area contributed by atoms with E-state index in [1.54, 1.807) is 11.3 Å². The molecule has 2 aromatic heterocycles. The molecule has 1 unspecified atom stereocenters. The van der Waals surface area contributed by atoms with Crippen LogP contribution in [0.15, 0.2) is 39.5 Å². The maximum Gasteiger partial charge on any atom is 0.266 e. The van der Waals surface area contributed by atoms with Crippen molar-refractivity contribution in [1.29, 1.82) is 0 Å². The summed E-state index contributed by atoms with van der Waals surface area (Å²) in [6.07, 6.45) is 1.79. The van der Waals surface area contributed by atoms with Gasteiger partial charge >= 0.3 is 0 Å². The number of pyridine rings is 1. The summed E-state index contributed by atoms with van der Waals surface area (Å²) in [5.74, 6) is 0. The largest absolute Gasteiger partial charge is 0.326 e.